The molecule has 0 saturated carbocycles. The first kappa shape index (κ1) is 20.9. The van der Waals surface area contributed by atoms with Crippen molar-refractivity contribution in [2.24, 2.45) is 11.7 Å². The van der Waals surface area contributed by atoms with Crippen molar-refractivity contribution in [3.8, 4) is 0 Å². The van der Waals surface area contributed by atoms with Gasteiger partial charge in [-0.3, -0.25) is 0 Å². The molecule has 10 heteroatoms. The van der Waals surface area contributed by atoms with Crippen LogP contribution in [0.3, 0.4) is 0 Å². The van der Waals surface area contributed by atoms with Gasteiger partial charge in [-0.05, 0) is 6.42 Å². The van der Waals surface area contributed by atoms with E-state index < -0.39 is 61.9 Å². The van der Waals surface area contributed by atoms with Crippen LogP contribution in [0.1, 0.15) is 13.3 Å². The molecular weight excluding hydrogens is 338 g/mol. The summed E-state index contributed by atoms with van der Waals surface area (Å²) in [5.41, 5.74) is 5.99. The Balaban J connectivity index is 2.13. The molecule has 2 saturated heterocycles. The number of rotatable bonds is 6. The Kier molecular flexibility index (Phi) is 7.52. The summed E-state index contributed by atoms with van der Waals surface area (Å²) >= 11 is 0. The van der Waals surface area contributed by atoms with Crippen LogP contribution in [0, 0.1) is 5.92 Å². The highest BCUT2D eigenvalue weighted by atomic mass is 16.7. The Bertz CT molecular complexity index is 410. The van der Waals surface area contributed by atoms with Gasteiger partial charge in [-0.1, -0.05) is 6.92 Å². The second kappa shape index (κ2) is 9.00. The lowest BCUT2D eigenvalue weighted by Crippen LogP contribution is -2.65. The number of aliphatic hydroxyl groups excluding tert-OH is 5. The molecule has 10 atom stereocenters. The normalized spacial score (nSPS) is 48.5. The minimum atomic E-state index is -1.43. The Morgan fingerprint density at radius 3 is 2.04 bits per heavy atom. The topological polar surface area (TPSA) is 164 Å². The second-order valence-electron chi connectivity index (χ2n) is 6.41. The molecule has 4 unspecified atom stereocenters. The van der Waals surface area contributed by atoms with E-state index in [-0.39, 0.29) is 12.5 Å². The van der Waals surface area contributed by atoms with Gasteiger partial charge in [0, 0.05) is 13.0 Å². The first-order valence-electron chi connectivity index (χ1n) is 8.40. The van der Waals surface area contributed by atoms with E-state index in [0.717, 1.165) is 0 Å². The van der Waals surface area contributed by atoms with Crippen molar-refractivity contribution in [2.75, 3.05) is 20.3 Å². The molecule has 2 fully saturated rings. The summed E-state index contributed by atoms with van der Waals surface area (Å²) in [4.78, 5) is 0. The molecule has 25 heavy (non-hydrogen) atoms. The van der Waals surface area contributed by atoms with Crippen molar-refractivity contribution in [2.45, 2.75) is 68.6 Å². The molecule has 0 aromatic carbocycles. The van der Waals surface area contributed by atoms with E-state index >= 15 is 0 Å². The molecule has 2 aliphatic heterocycles. The number of methoxy groups -OCH3 is 1. The fourth-order valence-corrected chi connectivity index (χ4v) is 3.41. The molecule has 0 aromatic heterocycles. The lowest BCUT2D eigenvalue weighted by molar-refractivity contribution is -0.340. The fourth-order valence-electron chi connectivity index (χ4n) is 3.41. The summed E-state index contributed by atoms with van der Waals surface area (Å²) in [6.45, 7) is 1.01. The molecule has 0 aliphatic carbocycles. The minimum Gasteiger partial charge on any atom is -0.394 e. The zero-order valence-electron chi connectivity index (χ0n) is 14.3. The monoisotopic (exact) mass is 367 g/mol. The van der Waals surface area contributed by atoms with Crippen LogP contribution in [0.4, 0.5) is 0 Å². The maximum Gasteiger partial charge on any atom is 0.186 e. The highest BCUT2D eigenvalue weighted by molar-refractivity contribution is 4.94. The van der Waals surface area contributed by atoms with Crippen molar-refractivity contribution in [3.63, 3.8) is 0 Å². The molecule has 7 N–H and O–H groups in total. The third-order valence-corrected chi connectivity index (χ3v) is 4.93. The first-order chi connectivity index (χ1) is 11.9. The summed E-state index contributed by atoms with van der Waals surface area (Å²) < 4.78 is 21.6. The smallest absolute Gasteiger partial charge is 0.186 e. The van der Waals surface area contributed by atoms with Crippen molar-refractivity contribution < 1.29 is 44.5 Å². The van der Waals surface area contributed by atoms with Gasteiger partial charge in [0.25, 0.3) is 0 Å². The summed E-state index contributed by atoms with van der Waals surface area (Å²) in [6, 6.07) is -0.934. The predicted octanol–water partition coefficient (Wildman–Crippen LogP) is -3.11. The molecule has 2 rings (SSSR count). The van der Waals surface area contributed by atoms with Crippen LogP contribution in [0.2, 0.25) is 0 Å². The fraction of sp³-hybridized carbons (Fsp3) is 1.00. The molecule has 0 aromatic rings. The summed E-state index contributed by atoms with van der Waals surface area (Å²) in [6.07, 6.45) is -8.37. The number of hydrogen-bond acceptors (Lipinski definition) is 10. The zero-order valence-corrected chi connectivity index (χ0v) is 14.3. The van der Waals surface area contributed by atoms with E-state index in [1.807, 2.05) is 6.92 Å². The van der Waals surface area contributed by atoms with Gasteiger partial charge in [0.15, 0.2) is 12.6 Å². The van der Waals surface area contributed by atoms with Crippen LogP contribution in [0.5, 0.6) is 0 Å². The molecule has 2 aliphatic rings. The zero-order chi connectivity index (χ0) is 18.7. The van der Waals surface area contributed by atoms with Crippen molar-refractivity contribution in [1.29, 1.82) is 0 Å². The van der Waals surface area contributed by atoms with Crippen LogP contribution in [-0.2, 0) is 18.9 Å². The molecular formula is C15H29NO9. The lowest BCUT2D eigenvalue weighted by atomic mass is 9.86. The molecule has 10 nitrogen and oxygen atoms in total. The number of nitrogens with two attached hydrogens (primary N) is 1. The third-order valence-electron chi connectivity index (χ3n) is 4.93. The highest BCUT2D eigenvalue weighted by Crippen LogP contribution is 2.31. The standard InChI is InChI=1S/C15H29NO9/c1-3-6-7(4-17)23-14(9(16)10(6)19)25-13-8(5-18)24-15(22-2)12(21)11(13)20/h6-15,17-21H,3-5,16H2,1-2H3/t6-,7?,8+,9?,10+,11?,12?,13+,14-,15-/m0/s1. The summed E-state index contributed by atoms with van der Waals surface area (Å²) in [5.74, 6) is -0.357. The average Bonchev–Trinajstić information content (AvgIpc) is 2.62. The summed E-state index contributed by atoms with van der Waals surface area (Å²) in [5, 5.41) is 49.6. The van der Waals surface area contributed by atoms with Crippen LogP contribution in [0.25, 0.3) is 0 Å². The van der Waals surface area contributed by atoms with E-state index in [1.165, 1.54) is 7.11 Å². The molecule has 0 radical (unpaired) electrons. The van der Waals surface area contributed by atoms with Gasteiger partial charge >= 0.3 is 0 Å². The average molecular weight is 367 g/mol. The quantitative estimate of drug-likeness (QED) is 0.283. The van der Waals surface area contributed by atoms with Gasteiger partial charge in [-0.25, -0.2) is 0 Å². The van der Waals surface area contributed by atoms with Gasteiger partial charge < -0.3 is 50.2 Å². The second-order valence-corrected chi connectivity index (χ2v) is 6.41. The van der Waals surface area contributed by atoms with Gasteiger partial charge in [0.1, 0.15) is 24.4 Å². The van der Waals surface area contributed by atoms with E-state index in [4.69, 9.17) is 24.7 Å². The third kappa shape index (κ3) is 4.14. The Hall–Kier alpha value is -0.400. The van der Waals surface area contributed by atoms with Crippen LogP contribution >= 0.6 is 0 Å². The van der Waals surface area contributed by atoms with Crippen LogP contribution in [-0.4, -0.2) is 101 Å². The number of aliphatic hydroxyl groups is 5. The van der Waals surface area contributed by atoms with Crippen molar-refractivity contribution >= 4 is 0 Å². The van der Waals surface area contributed by atoms with E-state index in [0.29, 0.717) is 6.42 Å². The minimum absolute atomic E-state index is 0.330. The largest absolute Gasteiger partial charge is 0.394 e. The summed E-state index contributed by atoms with van der Waals surface area (Å²) in [7, 11) is 1.30. The maximum atomic E-state index is 10.4. The Morgan fingerprint density at radius 1 is 0.920 bits per heavy atom. The molecule has 148 valence electrons. The number of hydrogen-bond donors (Lipinski definition) is 6. The van der Waals surface area contributed by atoms with Gasteiger partial charge in [-0.15, -0.1) is 0 Å². The highest BCUT2D eigenvalue weighted by Gasteiger charge is 2.49. The number of ether oxygens (including phenoxy) is 4. The predicted molar refractivity (Wildman–Crippen MR) is 83.2 cm³/mol. The van der Waals surface area contributed by atoms with Crippen LogP contribution < -0.4 is 5.73 Å². The maximum absolute atomic E-state index is 10.4. The van der Waals surface area contributed by atoms with E-state index in [1.54, 1.807) is 0 Å². The van der Waals surface area contributed by atoms with Crippen molar-refractivity contribution in [1.82, 2.24) is 0 Å². The van der Waals surface area contributed by atoms with Crippen molar-refractivity contribution in [3.05, 3.63) is 0 Å². The molecule has 0 spiro atoms. The van der Waals surface area contributed by atoms with Gasteiger partial charge in [0.2, 0.25) is 0 Å². The van der Waals surface area contributed by atoms with Gasteiger partial charge in [0.05, 0.1) is 31.5 Å². The van der Waals surface area contributed by atoms with Gasteiger partial charge in [-0.2, -0.15) is 0 Å². The van der Waals surface area contributed by atoms with E-state index in [9.17, 15) is 25.5 Å². The lowest BCUT2D eigenvalue weighted by Gasteiger charge is -2.47. The Labute approximate surface area is 146 Å². The van der Waals surface area contributed by atoms with Crippen LogP contribution in [0.15, 0.2) is 0 Å². The SMILES string of the molecule is CC[C@H]1C(CO)O[C@@H](O[C@H]2C(O)C(O)[C@@H](OC)O[C@@H]2CO)C(N)[C@@H]1O. The Morgan fingerprint density at radius 2 is 1.52 bits per heavy atom. The molecule has 0 bridgehead atoms. The molecule has 2 heterocycles. The molecule has 0 amide bonds. The van der Waals surface area contributed by atoms with E-state index in [2.05, 4.69) is 0 Å². The first-order valence-corrected chi connectivity index (χ1v) is 8.40.